The van der Waals surface area contributed by atoms with Gasteiger partial charge in [-0.05, 0) is 47.9 Å². The van der Waals surface area contributed by atoms with Crippen molar-refractivity contribution in [1.82, 2.24) is 0 Å². The van der Waals surface area contributed by atoms with Crippen LogP contribution in [0.25, 0.3) is 0 Å². The highest BCUT2D eigenvalue weighted by atomic mass is 79.9. The summed E-state index contributed by atoms with van der Waals surface area (Å²) in [5.41, 5.74) is 7.11. The fourth-order valence-corrected chi connectivity index (χ4v) is 2.31. The van der Waals surface area contributed by atoms with Gasteiger partial charge in [0.1, 0.15) is 5.82 Å². The molecule has 2 aromatic carbocycles. The molecule has 1 nitrogen and oxygen atoms in total. The fraction of sp³-hybridized carbons (Fsp3) is 0.143. The second-order valence-corrected chi connectivity index (χ2v) is 5.18. The van der Waals surface area contributed by atoms with Crippen molar-refractivity contribution in [2.24, 2.45) is 5.73 Å². The zero-order valence-electron chi connectivity index (χ0n) is 9.84. The molecule has 5 heteroatoms. The van der Waals surface area contributed by atoms with Crippen molar-refractivity contribution in [3.05, 3.63) is 69.4 Å². The summed E-state index contributed by atoms with van der Waals surface area (Å²) < 4.78 is 39.7. The van der Waals surface area contributed by atoms with E-state index >= 15 is 0 Å². The fourth-order valence-electron chi connectivity index (χ4n) is 1.83. The number of hydrogen-bond acceptors (Lipinski definition) is 1. The summed E-state index contributed by atoms with van der Waals surface area (Å²) in [4.78, 5) is 0. The van der Waals surface area contributed by atoms with Gasteiger partial charge in [-0.15, -0.1) is 0 Å². The second kappa shape index (κ2) is 5.75. The van der Waals surface area contributed by atoms with Gasteiger partial charge in [0.05, 0.1) is 0 Å². The lowest BCUT2D eigenvalue weighted by molar-refractivity contribution is 0.506. The van der Waals surface area contributed by atoms with Gasteiger partial charge in [-0.2, -0.15) is 0 Å². The van der Waals surface area contributed by atoms with Crippen molar-refractivity contribution in [3.63, 3.8) is 0 Å². The van der Waals surface area contributed by atoms with Crippen molar-refractivity contribution in [2.45, 2.75) is 12.5 Å². The number of hydrogen-bond donors (Lipinski definition) is 1. The quantitative estimate of drug-likeness (QED) is 0.901. The molecule has 0 radical (unpaired) electrons. The van der Waals surface area contributed by atoms with E-state index in [9.17, 15) is 13.2 Å². The Labute approximate surface area is 117 Å². The van der Waals surface area contributed by atoms with E-state index in [1.54, 1.807) is 6.07 Å². The molecule has 0 spiro atoms. The van der Waals surface area contributed by atoms with Crippen molar-refractivity contribution in [1.29, 1.82) is 0 Å². The highest BCUT2D eigenvalue weighted by Gasteiger charge is 2.11. The van der Waals surface area contributed by atoms with E-state index in [4.69, 9.17) is 5.73 Å². The van der Waals surface area contributed by atoms with Gasteiger partial charge in [-0.1, -0.05) is 22.0 Å². The first kappa shape index (κ1) is 14.1. The van der Waals surface area contributed by atoms with Crippen molar-refractivity contribution < 1.29 is 13.2 Å². The third kappa shape index (κ3) is 3.58. The Bertz CT molecular complexity index is 581. The molecule has 0 amide bonds. The van der Waals surface area contributed by atoms with Gasteiger partial charge in [-0.25, -0.2) is 13.2 Å². The van der Waals surface area contributed by atoms with E-state index < -0.39 is 23.5 Å². The van der Waals surface area contributed by atoms with Crippen LogP contribution < -0.4 is 5.73 Å². The van der Waals surface area contributed by atoms with E-state index in [1.165, 1.54) is 18.2 Å². The van der Waals surface area contributed by atoms with Gasteiger partial charge in [-0.3, -0.25) is 0 Å². The molecule has 0 bridgehead atoms. The normalized spacial score (nSPS) is 12.5. The van der Waals surface area contributed by atoms with Crippen LogP contribution in [-0.4, -0.2) is 0 Å². The third-order valence-electron chi connectivity index (χ3n) is 2.75. The lowest BCUT2D eigenvalue weighted by atomic mass is 9.99. The summed E-state index contributed by atoms with van der Waals surface area (Å²) in [6.45, 7) is 0. The predicted octanol–water partition coefficient (Wildman–Crippen LogP) is 4.11. The summed E-state index contributed by atoms with van der Waals surface area (Å²) in [5.74, 6) is -2.21. The van der Waals surface area contributed by atoms with Crippen LogP contribution in [0.5, 0.6) is 0 Å². The molecule has 0 saturated heterocycles. The highest BCUT2D eigenvalue weighted by Crippen LogP contribution is 2.22. The minimum atomic E-state index is -0.912. The summed E-state index contributed by atoms with van der Waals surface area (Å²) in [6, 6.07) is 7.49. The van der Waals surface area contributed by atoms with E-state index in [2.05, 4.69) is 15.9 Å². The predicted molar refractivity (Wildman–Crippen MR) is 71.1 cm³/mol. The standard InChI is InChI=1S/C14H11BrF3N/c15-10-5-9(6-11(16)7-10)14(19)4-8-1-2-12(17)13(18)3-8/h1-3,5-7,14H,4,19H2. The van der Waals surface area contributed by atoms with Gasteiger partial charge in [0.15, 0.2) is 11.6 Å². The van der Waals surface area contributed by atoms with Gasteiger partial charge in [0.25, 0.3) is 0 Å². The molecule has 0 aliphatic heterocycles. The first-order valence-corrected chi connectivity index (χ1v) is 6.40. The number of rotatable bonds is 3. The third-order valence-corrected chi connectivity index (χ3v) is 3.21. The Morgan fingerprint density at radius 1 is 1.00 bits per heavy atom. The molecule has 0 fully saturated rings. The van der Waals surface area contributed by atoms with Crippen LogP contribution in [0.15, 0.2) is 40.9 Å². The SMILES string of the molecule is NC(Cc1ccc(F)c(F)c1)c1cc(F)cc(Br)c1. The summed E-state index contributed by atoms with van der Waals surface area (Å²) in [7, 11) is 0. The van der Waals surface area contributed by atoms with E-state index in [0.29, 0.717) is 22.0 Å². The van der Waals surface area contributed by atoms with Gasteiger partial charge >= 0.3 is 0 Å². The van der Waals surface area contributed by atoms with Gasteiger partial charge in [0, 0.05) is 10.5 Å². The number of benzene rings is 2. The summed E-state index contributed by atoms with van der Waals surface area (Å²) >= 11 is 3.18. The first-order valence-electron chi connectivity index (χ1n) is 5.61. The van der Waals surface area contributed by atoms with Crippen molar-refractivity contribution in [2.75, 3.05) is 0 Å². The molecule has 0 saturated carbocycles. The minimum Gasteiger partial charge on any atom is -0.324 e. The Morgan fingerprint density at radius 2 is 1.74 bits per heavy atom. The first-order chi connectivity index (χ1) is 8.95. The molecule has 2 N–H and O–H groups in total. The molecule has 0 heterocycles. The Kier molecular flexibility index (Phi) is 4.27. The van der Waals surface area contributed by atoms with Crippen molar-refractivity contribution in [3.8, 4) is 0 Å². The topological polar surface area (TPSA) is 26.0 Å². The lowest BCUT2D eigenvalue weighted by Crippen LogP contribution is -2.14. The van der Waals surface area contributed by atoms with Crippen LogP contribution in [0.4, 0.5) is 13.2 Å². The summed E-state index contributed by atoms with van der Waals surface area (Å²) in [5, 5.41) is 0. The van der Waals surface area contributed by atoms with Crippen LogP contribution in [-0.2, 0) is 6.42 Å². The van der Waals surface area contributed by atoms with E-state index in [-0.39, 0.29) is 0 Å². The molecule has 2 aromatic rings. The molecule has 100 valence electrons. The molecule has 0 aromatic heterocycles. The van der Waals surface area contributed by atoms with Crippen molar-refractivity contribution >= 4 is 15.9 Å². The maximum Gasteiger partial charge on any atom is 0.159 e. The zero-order valence-corrected chi connectivity index (χ0v) is 11.4. The average Bonchev–Trinajstić information content (AvgIpc) is 2.32. The molecule has 0 aliphatic carbocycles. The van der Waals surface area contributed by atoms with Gasteiger partial charge < -0.3 is 5.73 Å². The summed E-state index contributed by atoms with van der Waals surface area (Å²) in [6.07, 6.45) is 0.299. The lowest BCUT2D eigenvalue weighted by Gasteiger charge is -2.13. The van der Waals surface area contributed by atoms with Crippen LogP contribution in [0.1, 0.15) is 17.2 Å². The smallest absolute Gasteiger partial charge is 0.159 e. The molecular formula is C14H11BrF3N. The second-order valence-electron chi connectivity index (χ2n) is 4.26. The maximum atomic E-state index is 13.2. The molecule has 2 rings (SSSR count). The van der Waals surface area contributed by atoms with Crippen LogP contribution in [0, 0.1) is 17.5 Å². The Hall–Kier alpha value is -1.33. The number of halogens is 4. The molecule has 0 aliphatic rings. The molecule has 1 atom stereocenters. The minimum absolute atomic E-state index is 0.299. The van der Waals surface area contributed by atoms with Gasteiger partial charge in [0.2, 0.25) is 0 Å². The monoisotopic (exact) mass is 329 g/mol. The Balaban J connectivity index is 2.20. The van der Waals surface area contributed by atoms with E-state index in [0.717, 1.165) is 12.1 Å². The highest BCUT2D eigenvalue weighted by molar-refractivity contribution is 9.10. The average molecular weight is 330 g/mol. The maximum absolute atomic E-state index is 13.2. The molecule has 1 unspecified atom stereocenters. The molecular weight excluding hydrogens is 319 g/mol. The van der Waals surface area contributed by atoms with Crippen LogP contribution >= 0.6 is 15.9 Å². The Morgan fingerprint density at radius 3 is 2.37 bits per heavy atom. The largest absolute Gasteiger partial charge is 0.324 e. The molecule has 19 heavy (non-hydrogen) atoms. The van der Waals surface area contributed by atoms with Crippen LogP contribution in [0.3, 0.4) is 0 Å². The van der Waals surface area contributed by atoms with Crippen LogP contribution in [0.2, 0.25) is 0 Å². The number of nitrogens with two attached hydrogens (primary N) is 1. The van der Waals surface area contributed by atoms with E-state index in [1.807, 2.05) is 0 Å². The zero-order chi connectivity index (χ0) is 14.0.